The topological polar surface area (TPSA) is 75.1 Å². The number of carbonyl (C=O) groups is 1. The van der Waals surface area contributed by atoms with Crippen LogP contribution in [0, 0.1) is 5.82 Å². The molecule has 0 amide bonds. The quantitative estimate of drug-likeness (QED) is 0.832. The number of rotatable bonds is 3. The summed E-state index contributed by atoms with van der Waals surface area (Å²) in [5, 5.41) is 11.2. The monoisotopic (exact) mass is 236 g/mol. The van der Waals surface area contributed by atoms with Crippen LogP contribution in [0.15, 0.2) is 35.3 Å². The molecule has 0 aliphatic carbocycles. The van der Waals surface area contributed by atoms with Crippen LogP contribution in [0.5, 0.6) is 0 Å². The summed E-state index contributed by atoms with van der Waals surface area (Å²) in [5.74, 6) is -1.48. The van der Waals surface area contributed by atoms with E-state index in [9.17, 15) is 14.0 Å². The van der Waals surface area contributed by atoms with E-state index >= 15 is 0 Å². The van der Waals surface area contributed by atoms with Crippen molar-refractivity contribution in [3.05, 3.63) is 52.2 Å². The highest BCUT2D eigenvalue weighted by Gasteiger charge is 2.10. The number of H-pyrrole nitrogens is 1. The fraction of sp³-hybridized carbons (Fsp3) is 0.0909. The molecule has 2 aromatic rings. The van der Waals surface area contributed by atoms with E-state index in [0.717, 1.165) is 4.68 Å². The van der Waals surface area contributed by atoms with Gasteiger partial charge in [0.25, 0.3) is 5.56 Å². The lowest BCUT2D eigenvalue weighted by atomic mass is 10.2. The zero-order valence-corrected chi connectivity index (χ0v) is 8.68. The number of nitrogens with one attached hydrogen (secondary N) is 1. The number of benzene rings is 1. The lowest BCUT2D eigenvalue weighted by Crippen LogP contribution is -2.19. The molecule has 1 heterocycles. The minimum absolute atomic E-state index is 0.154. The van der Waals surface area contributed by atoms with Crippen molar-refractivity contribution in [2.24, 2.45) is 0 Å². The maximum absolute atomic E-state index is 12.7. The van der Waals surface area contributed by atoms with E-state index < -0.39 is 17.3 Å². The van der Waals surface area contributed by atoms with Crippen molar-refractivity contribution in [3.8, 4) is 5.69 Å². The molecular weight excluding hydrogens is 227 g/mol. The van der Waals surface area contributed by atoms with Gasteiger partial charge in [-0.25, -0.2) is 9.07 Å². The first-order valence-electron chi connectivity index (χ1n) is 4.85. The van der Waals surface area contributed by atoms with Gasteiger partial charge in [0, 0.05) is 11.8 Å². The molecule has 17 heavy (non-hydrogen) atoms. The number of aromatic nitrogens is 2. The largest absolute Gasteiger partial charge is 0.481 e. The molecule has 2 N–H and O–H groups in total. The number of hydrogen-bond donors (Lipinski definition) is 2. The maximum Gasteiger partial charge on any atom is 0.308 e. The van der Waals surface area contributed by atoms with Gasteiger partial charge in [-0.3, -0.25) is 14.7 Å². The Balaban J connectivity index is 2.40. The van der Waals surface area contributed by atoms with E-state index in [2.05, 4.69) is 5.10 Å². The van der Waals surface area contributed by atoms with Crippen LogP contribution in [0.1, 0.15) is 5.56 Å². The Kier molecular flexibility index (Phi) is 2.78. The van der Waals surface area contributed by atoms with Gasteiger partial charge < -0.3 is 5.11 Å². The Morgan fingerprint density at radius 1 is 1.35 bits per heavy atom. The molecule has 0 aliphatic heterocycles. The lowest BCUT2D eigenvalue weighted by Gasteiger charge is -2.00. The molecule has 0 unspecified atom stereocenters. The Hall–Kier alpha value is -2.37. The average molecular weight is 236 g/mol. The Morgan fingerprint density at radius 2 is 2.00 bits per heavy atom. The lowest BCUT2D eigenvalue weighted by molar-refractivity contribution is -0.136. The molecule has 2 rings (SSSR count). The maximum atomic E-state index is 12.7. The summed E-state index contributed by atoms with van der Waals surface area (Å²) in [7, 11) is 0. The van der Waals surface area contributed by atoms with Crippen molar-refractivity contribution >= 4 is 5.97 Å². The Morgan fingerprint density at radius 3 is 2.59 bits per heavy atom. The third-order valence-corrected chi connectivity index (χ3v) is 2.27. The number of aliphatic carboxylic acids is 1. The van der Waals surface area contributed by atoms with Gasteiger partial charge in [0.15, 0.2) is 0 Å². The van der Waals surface area contributed by atoms with Crippen molar-refractivity contribution in [2.45, 2.75) is 6.42 Å². The highest BCUT2D eigenvalue weighted by atomic mass is 19.1. The van der Waals surface area contributed by atoms with Crippen LogP contribution in [-0.4, -0.2) is 20.9 Å². The highest BCUT2D eigenvalue weighted by molar-refractivity contribution is 5.69. The van der Waals surface area contributed by atoms with Crippen molar-refractivity contribution < 1.29 is 14.3 Å². The van der Waals surface area contributed by atoms with Crippen molar-refractivity contribution in [2.75, 3.05) is 0 Å². The molecule has 88 valence electrons. The van der Waals surface area contributed by atoms with Crippen LogP contribution >= 0.6 is 0 Å². The van der Waals surface area contributed by atoms with Crippen LogP contribution in [0.4, 0.5) is 4.39 Å². The van der Waals surface area contributed by atoms with Gasteiger partial charge in [0.2, 0.25) is 0 Å². The molecule has 5 nitrogen and oxygen atoms in total. The van der Waals surface area contributed by atoms with Crippen molar-refractivity contribution in [3.63, 3.8) is 0 Å². The smallest absolute Gasteiger partial charge is 0.308 e. The van der Waals surface area contributed by atoms with E-state index in [1.165, 1.54) is 30.5 Å². The van der Waals surface area contributed by atoms with E-state index in [0.29, 0.717) is 5.69 Å². The van der Waals surface area contributed by atoms with Crippen molar-refractivity contribution in [1.82, 2.24) is 9.78 Å². The molecule has 1 aromatic heterocycles. The van der Waals surface area contributed by atoms with Gasteiger partial charge >= 0.3 is 5.97 Å². The minimum Gasteiger partial charge on any atom is -0.481 e. The second kappa shape index (κ2) is 4.25. The normalized spacial score (nSPS) is 10.4. The summed E-state index contributed by atoms with van der Waals surface area (Å²) in [6, 6.07) is 5.30. The van der Waals surface area contributed by atoms with Crippen LogP contribution in [0.25, 0.3) is 5.69 Å². The fourth-order valence-electron chi connectivity index (χ4n) is 1.48. The SMILES string of the molecule is O=C(O)Cc1c[nH]n(-c2ccc(F)cc2)c1=O. The molecule has 1 aromatic carbocycles. The van der Waals surface area contributed by atoms with Crippen LogP contribution in [0.2, 0.25) is 0 Å². The van der Waals surface area contributed by atoms with E-state index in [1.54, 1.807) is 0 Å². The average Bonchev–Trinajstić information content (AvgIpc) is 2.61. The van der Waals surface area contributed by atoms with Gasteiger partial charge in [-0.1, -0.05) is 0 Å². The molecule has 0 bridgehead atoms. The molecule has 0 atom stereocenters. The third-order valence-electron chi connectivity index (χ3n) is 2.27. The predicted molar refractivity (Wildman–Crippen MR) is 57.7 cm³/mol. The molecule has 0 saturated carbocycles. The molecule has 6 heteroatoms. The molecule has 0 fully saturated rings. The van der Waals surface area contributed by atoms with Gasteiger partial charge in [0.05, 0.1) is 12.1 Å². The van der Waals surface area contributed by atoms with E-state index in [1.807, 2.05) is 0 Å². The standard InChI is InChI=1S/C11H9FN2O3/c12-8-1-3-9(4-2-8)14-11(17)7(6-13-14)5-10(15)16/h1-4,6,13H,5H2,(H,15,16). The van der Waals surface area contributed by atoms with Gasteiger partial charge in [-0.05, 0) is 24.3 Å². The van der Waals surface area contributed by atoms with Crippen molar-refractivity contribution in [1.29, 1.82) is 0 Å². The van der Waals surface area contributed by atoms with Gasteiger partial charge in [0.1, 0.15) is 5.82 Å². The first-order chi connectivity index (χ1) is 8.08. The molecular formula is C11H9FN2O3. The first-order valence-corrected chi connectivity index (χ1v) is 4.85. The number of carboxylic acid groups (broad SMARTS) is 1. The van der Waals surface area contributed by atoms with Gasteiger partial charge in [-0.15, -0.1) is 0 Å². The van der Waals surface area contributed by atoms with Gasteiger partial charge in [-0.2, -0.15) is 0 Å². The van der Waals surface area contributed by atoms with Crippen LogP contribution in [-0.2, 0) is 11.2 Å². The third kappa shape index (κ3) is 2.25. The summed E-state index contributed by atoms with van der Waals surface area (Å²) in [5.41, 5.74) is 0.161. The second-order valence-corrected chi connectivity index (χ2v) is 3.49. The summed E-state index contributed by atoms with van der Waals surface area (Å²) in [6.07, 6.45) is 0.989. The van der Waals surface area contributed by atoms with E-state index in [-0.39, 0.29) is 12.0 Å². The number of carboxylic acids is 1. The highest BCUT2D eigenvalue weighted by Crippen LogP contribution is 2.06. The Bertz CT molecular complexity index is 598. The minimum atomic E-state index is -1.08. The first kappa shape index (κ1) is 11.1. The number of halogens is 1. The summed E-state index contributed by atoms with van der Waals surface area (Å²) < 4.78 is 13.9. The zero-order chi connectivity index (χ0) is 12.4. The summed E-state index contributed by atoms with van der Waals surface area (Å²) in [6.45, 7) is 0. The van der Waals surface area contributed by atoms with Crippen LogP contribution in [0.3, 0.4) is 0 Å². The Labute approximate surface area is 95.1 Å². The van der Waals surface area contributed by atoms with Crippen LogP contribution < -0.4 is 5.56 Å². The molecule has 0 radical (unpaired) electrons. The predicted octanol–water partition coefficient (Wildman–Crippen LogP) is 0.932. The summed E-state index contributed by atoms with van der Waals surface area (Å²) >= 11 is 0. The molecule has 0 saturated heterocycles. The summed E-state index contributed by atoms with van der Waals surface area (Å²) in [4.78, 5) is 22.3. The zero-order valence-electron chi connectivity index (χ0n) is 8.68. The second-order valence-electron chi connectivity index (χ2n) is 3.49. The molecule has 0 spiro atoms. The number of nitrogens with zero attached hydrogens (tertiary/aromatic N) is 1. The number of aromatic amines is 1. The fourth-order valence-corrected chi connectivity index (χ4v) is 1.48. The van der Waals surface area contributed by atoms with E-state index in [4.69, 9.17) is 5.11 Å². The number of hydrogen-bond acceptors (Lipinski definition) is 2. The molecule has 0 aliphatic rings.